The van der Waals surface area contributed by atoms with Gasteiger partial charge in [0.05, 0.1) is 19.7 Å². The molecule has 0 saturated carbocycles. The zero-order valence-corrected chi connectivity index (χ0v) is 11.9. The minimum Gasteiger partial charge on any atom is -0.453 e. The lowest BCUT2D eigenvalue weighted by molar-refractivity contribution is 0.123. The van der Waals surface area contributed by atoms with Gasteiger partial charge in [0.2, 0.25) is 0 Å². The standard InChI is InChI=1S/C18H17NO2/c1-21-18(20)19-13-16(14-8-4-2-5-9-14)12-17(19)15-10-6-3-7-11-15/h2-12,17H,13H2,1H3/t17-/m0/s1. The molecule has 0 aromatic heterocycles. The van der Waals surface area contributed by atoms with Crippen molar-refractivity contribution in [1.29, 1.82) is 0 Å². The van der Waals surface area contributed by atoms with Gasteiger partial charge in [-0.25, -0.2) is 4.79 Å². The van der Waals surface area contributed by atoms with Gasteiger partial charge < -0.3 is 4.74 Å². The number of rotatable bonds is 2. The summed E-state index contributed by atoms with van der Waals surface area (Å²) < 4.78 is 4.92. The number of amides is 1. The third kappa shape index (κ3) is 2.68. The van der Waals surface area contributed by atoms with Gasteiger partial charge in [0.1, 0.15) is 0 Å². The van der Waals surface area contributed by atoms with Crippen molar-refractivity contribution in [2.75, 3.05) is 13.7 Å². The molecule has 2 aromatic rings. The number of methoxy groups -OCH3 is 1. The van der Waals surface area contributed by atoms with Crippen LogP contribution in [0.2, 0.25) is 0 Å². The summed E-state index contributed by atoms with van der Waals surface area (Å²) in [6, 6.07) is 20.1. The molecule has 1 atom stereocenters. The van der Waals surface area contributed by atoms with E-state index >= 15 is 0 Å². The quantitative estimate of drug-likeness (QED) is 0.834. The predicted molar refractivity (Wildman–Crippen MR) is 82.7 cm³/mol. The highest BCUT2D eigenvalue weighted by molar-refractivity contribution is 5.78. The molecule has 1 heterocycles. The molecule has 1 aliphatic rings. The van der Waals surface area contributed by atoms with Gasteiger partial charge in [0, 0.05) is 0 Å². The second-order valence-electron chi connectivity index (χ2n) is 5.01. The van der Waals surface area contributed by atoms with Crippen molar-refractivity contribution in [2.45, 2.75) is 6.04 Å². The summed E-state index contributed by atoms with van der Waals surface area (Å²) in [5.41, 5.74) is 3.38. The predicted octanol–water partition coefficient (Wildman–Crippen LogP) is 3.89. The van der Waals surface area contributed by atoms with Crippen LogP contribution < -0.4 is 0 Å². The maximum atomic E-state index is 12.0. The van der Waals surface area contributed by atoms with Crippen LogP contribution in [-0.4, -0.2) is 24.6 Å². The average molecular weight is 279 g/mol. The minimum absolute atomic E-state index is 0.0751. The molecule has 0 unspecified atom stereocenters. The molecule has 0 N–H and O–H groups in total. The van der Waals surface area contributed by atoms with Crippen LogP contribution in [0.5, 0.6) is 0 Å². The summed E-state index contributed by atoms with van der Waals surface area (Å²) in [5, 5.41) is 0. The first-order valence-corrected chi connectivity index (χ1v) is 6.95. The number of ether oxygens (including phenoxy) is 1. The summed E-state index contributed by atoms with van der Waals surface area (Å²) in [6.45, 7) is 0.566. The van der Waals surface area contributed by atoms with E-state index in [-0.39, 0.29) is 12.1 Å². The Bertz CT molecular complexity index is 649. The van der Waals surface area contributed by atoms with E-state index in [2.05, 4.69) is 18.2 Å². The van der Waals surface area contributed by atoms with Crippen LogP contribution in [0.1, 0.15) is 17.2 Å². The Morgan fingerprint density at radius 2 is 1.67 bits per heavy atom. The summed E-state index contributed by atoms with van der Waals surface area (Å²) >= 11 is 0. The van der Waals surface area contributed by atoms with E-state index in [0.717, 1.165) is 16.7 Å². The van der Waals surface area contributed by atoms with Gasteiger partial charge in [-0.1, -0.05) is 66.7 Å². The molecule has 0 radical (unpaired) electrons. The van der Waals surface area contributed by atoms with Crippen LogP contribution >= 0.6 is 0 Å². The molecule has 3 rings (SSSR count). The normalized spacial score (nSPS) is 17.5. The second-order valence-corrected chi connectivity index (χ2v) is 5.01. The Morgan fingerprint density at radius 3 is 2.29 bits per heavy atom. The van der Waals surface area contributed by atoms with Crippen LogP contribution in [0.25, 0.3) is 5.57 Å². The fourth-order valence-electron chi connectivity index (χ4n) is 2.68. The number of carbonyl (C=O) groups excluding carboxylic acids is 1. The topological polar surface area (TPSA) is 29.5 Å². The first-order chi connectivity index (χ1) is 10.3. The number of benzene rings is 2. The molecule has 3 heteroatoms. The third-order valence-corrected chi connectivity index (χ3v) is 3.73. The molecule has 3 nitrogen and oxygen atoms in total. The smallest absolute Gasteiger partial charge is 0.410 e. The molecule has 1 aliphatic heterocycles. The highest BCUT2D eigenvalue weighted by Gasteiger charge is 2.31. The molecular weight excluding hydrogens is 262 g/mol. The summed E-state index contributed by atoms with van der Waals surface area (Å²) in [7, 11) is 1.42. The largest absolute Gasteiger partial charge is 0.453 e. The minimum atomic E-state index is -0.300. The van der Waals surface area contributed by atoms with Gasteiger partial charge in [-0.05, 0) is 16.7 Å². The summed E-state index contributed by atoms with van der Waals surface area (Å²) in [4.78, 5) is 13.8. The maximum Gasteiger partial charge on any atom is 0.410 e. The van der Waals surface area contributed by atoms with Gasteiger partial charge in [-0.3, -0.25) is 4.90 Å². The van der Waals surface area contributed by atoms with Crippen LogP contribution in [-0.2, 0) is 4.74 Å². The van der Waals surface area contributed by atoms with Gasteiger partial charge in [0.25, 0.3) is 0 Å². The van der Waals surface area contributed by atoms with Crippen LogP contribution in [0.3, 0.4) is 0 Å². The van der Waals surface area contributed by atoms with Crippen LogP contribution in [0.15, 0.2) is 66.7 Å². The first kappa shape index (κ1) is 13.4. The molecule has 2 aromatic carbocycles. The molecule has 21 heavy (non-hydrogen) atoms. The van der Waals surface area contributed by atoms with Gasteiger partial charge >= 0.3 is 6.09 Å². The van der Waals surface area contributed by atoms with Crippen molar-refractivity contribution in [3.05, 3.63) is 77.9 Å². The maximum absolute atomic E-state index is 12.0. The first-order valence-electron chi connectivity index (χ1n) is 6.95. The van der Waals surface area contributed by atoms with E-state index in [1.54, 1.807) is 4.90 Å². The summed E-state index contributed by atoms with van der Waals surface area (Å²) in [5.74, 6) is 0. The van der Waals surface area contributed by atoms with E-state index in [9.17, 15) is 4.79 Å². The van der Waals surface area contributed by atoms with Crippen LogP contribution in [0, 0.1) is 0 Å². The Labute approximate surface area is 124 Å². The van der Waals surface area contributed by atoms with Crippen LogP contribution in [0.4, 0.5) is 4.79 Å². The molecule has 0 spiro atoms. The zero-order valence-electron chi connectivity index (χ0n) is 11.9. The lowest BCUT2D eigenvalue weighted by Crippen LogP contribution is -2.31. The lowest BCUT2D eigenvalue weighted by atomic mass is 10.0. The van der Waals surface area contributed by atoms with Gasteiger partial charge in [-0.15, -0.1) is 0 Å². The number of carbonyl (C=O) groups is 1. The highest BCUT2D eigenvalue weighted by Crippen LogP contribution is 2.34. The number of nitrogens with zero attached hydrogens (tertiary/aromatic N) is 1. The molecule has 0 saturated heterocycles. The van der Waals surface area contributed by atoms with Gasteiger partial charge in [-0.2, -0.15) is 0 Å². The van der Waals surface area contributed by atoms with E-state index in [4.69, 9.17) is 4.74 Å². The Kier molecular flexibility index (Phi) is 3.73. The van der Waals surface area contributed by atoms with E-state index in [1.807, 2.05) is 48.5 Å². The Morgan fingerprint density at radius 1 is 1.05 bits per heavy atom. The average Bonchev–Trinajstić information content (AvgIpc) is 3.01. The van der Waals surface area contributed by atoms with Crippen molar-refractivity contribution in [1.82, 2.24) is 4.90 Å². The molecule has 1 amide bonds. The van der Waals surface area contributed by atoms with Gasteiger partial charge in [0.15, 0.2) is 0 Å². The number of hydrogen-bond donors (Lipinski definition) is 0. The zero-order chi connectivity index (χ0) is 14.7. The lowest BCUT2D eigenvalue weighted by Gasteiger charge is -2.23. The molecular formula is C18H17NO2. The molecule has 106 valence electrons. The van der Waals surface area contributed by atoms with E-state index in [0.29, 0.717) is 6.54 Å². The Hall–Kier alpha value is -2.55. The van der Waals surface area contributed by atoms with Crippen molar-refractivity contribution in [3.8, 4) is 0 Å². The summed E-state index contributed by atoms with van der Waals surface area (Å²) in [6.07, 6.45) is 1.84. The molecule has 0 bridgehead atoms. The van der Waals surface area contributed by atoms with Crippen molar-refractivity contribution >= 4 is 11.7 Å². The Balaban J connectivity index is 1.97. The van der Waals surface area contributed by atoms with E-state index < -0.39 is 0 Å². The van der Waals surface area contributed by atoms with Crippen molar-refractivity contribution < 1.29 is 9.53 Å². The fourth-order valence-corrected chi connectivity index (χ4v) is 2.68. The fraction of sp³-hybridized carbons (Fsp3) is 0.167. The number of hydrogen-bond acceptors (Lipinski definition) is 2. The molecule has 0 aliphatic carbocycles. The van der Waals surface area contributed by atoms with Crippen molar-refractivity contribution in [2.24, 2.45) is 0 Å². The SMILES string of the molecule is COC(=O)N1CC(c2ccccc2)=C[C@H]1c1ccccc1. The van der Waals surface area contributed by atoms with E-state index in [1.165, 1.54) is 7.11 Å². The van der Waals surface area contributed by atoms with Crippen molar-refractivity contribution in [3.63, 3.8) is 0 Å². The monoisotopic (exact) mass is 279 g/mol. The second kappa shape index (κ2) is 5.83. The highest BCUT2D eigenvalue weighted by atomic mass is 16.5. The molecule has 0 fully saturated rings. The third-order valence-electron chi connectivity index (χ3n) is 3.73.